The molecule has 1 amide bonds. The van der Waals surface area contributed by atoms with Gasteiger partial charge >= 0.3 is 0 Å². The van der Waals surface area contributed by atoms with Gasteiger partial charge in [0.15, 0.2) is 0 Å². The van der Waals surface area contributed by atoms with Gasteiger partial charge < -0.3 is 41.3 Å². The highest BCUT2D eigenvalue weighted by atomic mass is 16.3. The molecule has 0 saturated carbocycles. The van der Waals surface area contributed by atoms with Crippen LogP contribution in [-0.2, 0) is 4.79 Å². The first-order chi connectivity index (χ1) is 12.9. The van der Waals surface area contributed by atoms with Crippen molar-refractivity contribution in [2.75, 3.05) is 59.3 Å². The van der Waals surface area contributed by atoms with Gasteiger partial charge in [0, 0.05) is 19.5 Å². The Morgan fingerprint density at radius 2 is 1.11 bits per heavy atom. The third-order valence-corrected chi connectivity index (χ3v) is 4.53. The van der Waals surface area contributed by atoms with Crippen LogP contribution in [0.3, 0.4) is 0 Å². The Balaban J connectivity index is 0. The molecule has 0 aromatic heterocycles. The van der Waals surface area contributed by atoms with Gasteiger partial charge in [-0.3, -0.25) is 4.79 Å². The van der Waals surface area contributed by atoms with E-state index in [1.165, 1.54) is 0 Å². The second-order valence-electron chi connectivity index (χ2n) is 6.94. The number of carbonyl (C=O) groups excluding carboxylic acids is 1. The number of rotatable bonds is 16. The van der Waals surface area contributed by atoms with Gasteiger partial charge in [-0.1, -0.05) is 20.3 Å². The molecule has 0 atom stereocenters. The fraction of sp³-hybridized carbons (Fsp3) is 0.944. The van der Waals surface area contributed by atoms with Gasteiger partial charge in [-0.2, -0.15) is 0 Å². The molecule has 0 saturated heterocycles. The Hall–Kier alpha value is -0.810. The van der Waals surface area contributed by atoms with Crippen molar-refractivity contribution >= 4 is 5.91 Å². The lowest BCUT2D eigenvalue weighted by Crippen LogP contribution is -2.51. The summed E-state index contributed by atoms with van der Waals surface area (Å²) in [6.07, 6.45) is 2.35. The highest BCUT2D eigenvalue weighted by molar-refractivity contribution is 5.73. The van der Waals surface area contributed by atoms with Crippen LogP contribution in [0.5, 0.6) is 0 Å². The van der Waals surface area contributed by atoms with E-state index in [0.29, 0.717) is 25.8 Å². The molecule has 0 radical (unpaired) electrons. The standard InChI is InChI=1S/C16H34N2O7.C2H6/c17-14(25)4-2-1-3-5-18(6-15(8-19,9-20)10-21)7-16(11-22,12-23)13-24;1-2/h19-24H,1-13H2,(H2,17,25);1-2H3. The largest absolute Gasteiger partial charge is 0.396 e. The topological polar surface area (TPSA) is 168 Å². The lowest BCUT2D eigenvalue weighted by Gasteiger charge is -2.39. The van der Waals surface area contributed by atoms with Gasteiger partial charge in [0.2, 0.25) is 5.91 Å². The zero-order chi connectivity index (χ0) is 21.3. The summed E-state index contributed by atoms with van der Waals surface area (Å²) < 4.78 is 0. The van der Waals surface area contributed by atoms with E-state index in [1.54, 1.807) is 4.90 Å². The molecule has 0 aliphatic carbocycles. The van der Waals surface area contributed by atoms with Crippen LogP contribution in [0.15, 0.2) is 0 Å². The molecule has 27 heavy (non-hydrogen) atoms. The summed E-state index contributed by atoms with van der Waals surface area (Å²) in [5.74, 6) is -0.364. The maximum absolute atomic E-state index is 10.7. The van der Waals surface area contributed by atoms with Gasteiger partial charge in [0.25, 0.3) is 0 Å². The van der Waals surface area contributed by atoms with Crippen molar-refractivity contribution in [2.24, 2.45) is 16.6 Å². The quantitative estimate of drug-likeness (QED) is 0.151. The number of hydrogen-bond donors (Lipinski definition) is 7. The lowest BCUT2D eigenvalue weighted by atomic mass is 9.86. The van der Waals surface area contributed by atoms with Crippen molar-refractivity contribution in [1.29, 1.82) is 0 Å². The molecular weight excluding hydrogens is 356 g/mol. The van der Waals surface area contributed by atoms with E-state index in [2.05, 4.69) is 0 Å². The predicted octanol–water partition coefficient (Wildman–Crippen LogP) is -1.71. The number of unbranched alkanes of at least 4 members (excludes halogenated alkanes) is 2. The van der Waals surface area contributed by atoms with E-state index in [0.717, 1.165) is 6.42 Å². The molecule has 0 aromatic rings. The number of nitrogens with zero attached hydrogens (tertiary/aromatic N) is 1. The number of aliphatic hydroxyl groups is 6. The third kappa shape index (κ3) is 10.9. The van der Waals surface area contributed by atoms with Gasteiger partial charge in [-0.25, -0.2) is 0 Å². The van der Waals surface area contributed by atoms with Crippen molar-refractivity contribution in [3.05, 3.63) is 0 Å². The molecule has 0 aliphatic heterocycles. The second-order valence-corrected chi connectivity index (χ2v) is 6.94. The first-order valence-electron chi connectivity index (χ1n) is 9.52. The van der Waals surface area contributed by atoms with Crippen molar-refractivity contribution < 1.29 is 35.4 Å². The highest BCUT2D eigenvalue weighted by Crippen LogP contribution is 2.23. The minimum Gasteiger partial charge on any atom is -0.396 e. The number of hydrogen-bond acceptors (Lipinski definition) is 8. The van der Waals surface area contributed by atoms with Gasteiger partial charge in [-0.05, 0) is 19.4 Å². The fourth-order valence-corrected chi connectivity index (χ4v) is 2.57. The first kappa shape index (κ1) is 28.4. The van der Waals surface area contributed by atoms with Crippen LogP contribution in [0.2, 0.25) is 0 Å². The van der Waals surface area contributed by atoms with Gasteiger partial charge in [-0.15, -0.1) is 0 Å². The maximum Gasteiger partial charge on any atom is 0.217 e. The average molecular weight is 397 g/mol. The third-order valence-electron chi connectivity index (χ3n) is 4.53. The summed E-state index contributed by atoms with van der Waals surface area (Å²) in [7, 11) is 0. The molecule has 164 valence electrons. The number of nitrogens with two attached hydrogens (primary N) is 1. The summed E-state index contributed by atoms with van der Waals surface area (Å²) in [5, 5.41) is 57.1. The highest BCUT2D eigenvalue weighted by Gasteiger charge is 2.35. The van der Waals surface area contributed by atoms with Crippen LogP contribution in [-0.4, -0.2) is 101 Å². The smallest absolute Gasteiger partial charge is 0.217 e. The molecule has 0 spiro atoms. The fourth-order valence-electron chi connectivity index (χ4n) is 2.57. The molecule has 0 rings (SSSR count). The first-order valence-corrected chi connectivity index (χ1v) is 9.52. The Kier molecular flexibility index (Phi) is 17.0. The van der Waals surface area contributed by atoms with E-state index < -0.39 is 50.5 Å². The molecule has 0 aromatic carbocycles. The van der Waals surface area contributed by atoms with Crippen LogP contribution >= 0.6 is 0 Å². The van der Waals surface area contributed by atoms with E-state index >= 15 is 0 Å². The van der Waals surface area contributed by atoms with Crippen LogP contribution in [0.4, 0.5) is 0 Å². The van der Waals surface area contributed by atoms with E-state index in [9.17, 15) is 35.4 Å². The zero-order valence-corrected chi connectivity index (χ0v) is 16.8. The molecule has 0 bridgehead atoms. The number of aliphatic hydroxyl groups excluding tert-OH is 6. The summed E-state index contributed by atoms with van der Waals surface area (Å²) in [4.78, 5) is 12.5. The maximum atomic E-state index is 10.7. The van der Waals surface area contributed by atoms with Crippen LogP contribution in [0.1, 0.15) is 39.5 Å². The Morgan fingerprint density at radius 1 is 0.741 bits per heavy atom. The van der Waals surface area contributed by atoms with Crippen molar-refractivity contribution in [1.82, 2.24) is 4.90 Å². The van der Waals surface area contributed by atoms with E-state index in [1.807, 2.05) is 13.8 Å². The zero-order valence-electron chi connectivity index (χ0n) is 16.8. The number of amides is 1. The van der Waals surface area contributed by atoms with E-state index in [4.69, 9.17) is 5.73 Å². The molecular formula is C18H40N2O7. The lowest BCUT2D eigenvalue weighted by molar-refractivity contribution is -0.118. The van der Waals surface area contributed by atoms with Gasteiger partial charge in [0.05, 0.1) is 50.5 Å². The Morgan fingerprint density at radius 3 is 1.41 bits per heavy atom. The summed E-state index contributed by atoms with van der Waals surface area (Å²) >= 11 is 0. The van der Waals surface area contributed by atoms with Crippen LogP contribution in [0.25, 0.3) is 0 Å². The van der Waals surface area contributed by atoms with Crippen molar-refractivity contribution in [2.45, 2.75) is 39.5 Å². The minimum absolute atomic E-state index is 0.133. The average Bonchev–Trinajstić information content (AvgIpc) is 2.71. The number of carbonyl (C=O) groups is 1. The second kappa shape index (κ2) is 16.2. The molecule has 0 aliphatic rings. The van der Waals surface area contributed by atoms with Crippen molar-refractivity contribution in [3.63, 3.8) is 0 Å². The molecule has 0 heterocycles. The van der Waals surface area contributed by atoms with Crippen molar-refractivity contribution in [3.8, 4) is 0 Å². The van der Waals surface area contributed by atoms with Gasteiger partial charge in [0.1, 0.15) is 0 Å². The Bertz CT molecular complexity index is 323. The molecule has 0 fully saturated rings. The monoisotopic (exact) mass is 396 g/mol. The predicted molar refractivity (Wildman–Crippen MR) is 103 cm³/mol. The summed E-state index contributed by atoms with van der Waals surface area (Å²) in [5.41, 5.74) is 2.84. The Labute approximate surface area is 162 Å². The van der Waals surface area contributed by atoms with Crippen LogP contribution < -0.4 is 5.73 Å². The SMILES string of the molecule is CC.NC(=O)CCCCCN(CC(CO)(CO)CO)CC(CO)(CO)CO. The minimum atomic E-state index is -1.13. The summed E-state index contributed by atoms with van der Waals surface area (Å²) in [6.45, 7) is 2.19. The molecule has 0 unspecified atom stereocenters. The molecule has 9 nitrogen and oxygen atoms in total. The number of primary amides is 1. The van der Waals surface area contributed by atoms with E-state index in [-0.39, 0.29) is 19.0 Å². The molecule has 8 N–H and O–H groups in total. The van der Waals surface area contributed by atoms with Crippen LogP contribution in [0, 0.1) is 10.8 Å². The molecule has 9 heteroatoms. The normalized spacial score (nSPS) is 12.0. The summed E-state index contributed by atoms with van der Waals surface area (Å²) in [6, 6.07) is 0.